The van der Waals surface area contributed by atoms with E-state index >= 15 is 0 Å². The molecule has 0 unspecified atom stereocenters. The Labute approximate surface area is 92.3 Å². The molecular weight excluding hydrogens is 275 g/mol. The molecule has 1 aliphatic carbocycles. The molecule has 0 saturated heterocycles. The highest BCUT2D eigenvalue weighted by atomic mass is 127. The van der Waals surface area contributed by atoms with Crippen molar-refractivity contribution in [3.05, 3.63) is 26.3 Å². The first kappa shape index (κ1) is 9.31. The third-order valence-corrected chi connectivity index (χ3v) is 3.67. The van der Waals surface area contributed by atoms with E-state index in [1.165, 1.54) is 30.4 Å². The highest BCUT2D eigenvalue weighted by Gasteiger charge is 2.15. The van der Waals surface area contributed by atoms with Gasteiger partial charge >= 0.3 is 0 Å². The van der Waals surface area contributed by atoms with E-state index in [0.29, 0.717) is 5.75 Å². The molecule has 1 aromatic carbocycles. The smallest absolute Gasteiger partial charge is 0.132 e. The molecule has 0 heterocycles. The predicted octanol–water partition coefficient (Wildman–Crippen LogP) is 3.18. The highest BCUT2D eigenvalue weighted by Crippen LogP contribution is 2.33. The van der Waals surface area contributed by atoms with E-state index in [-0.39, 0.29) is 0 Å². The van der Waals surface area contributed by atoms with Crippen molar-refractivity contribution < 1.29 is 5.11 Å². The molecule has 0 aromatic heterocycles. The zero-order chi connectivity index (χ0) is 9.42. The van der Waals surface area contributed by atoms with Crippen molar-refractivity contribution in [3.8, 4) is 5.75 Å². The van der Waals surface area contributed by atoms with Gasteiger partial charge in [0.15, 0.2) is 0 Å². The second-order valence-corrected chi connectivity index (χ2v) is 4.84. The lowest BCUT2D eigenvalue weighted by molar-refractivity contribution is 0.464. The van der Waals surface area contributed by atoms with Crippen molar-refractivity contribution in [3.63, 3.8) is 0 Å². The van der Waals surface area contributed by atoms with Crippen LogP contribution < -0.4 is 0 Å². The molecule has 2 heteroatoms. The topological polar surface area (TPSA) is 20.2 Å². The van der Waals surface area contributed by atoms with Crippen molar-refractivity contribution >= 4 is 22.6 Å². The minimum Gasteiger partial charge on any atom is -0.507 e. The SMILES string of the molecule is Cc1c(O)c(I)cc2c1CCCC2. The number of benzene rings is 1. The van der Waals surface area contributed by atoms with E-state index in [9.17, 15) is 5.11 Å². The quantitative estimate of drug-likeness (QED) is 0.727. The number of hydrogen-bond donors (Lipinski definition) is 1. The van der Waals surface area contributed by atoms with Crippen LogP contribution >= 0.6 is 22.6 Å². The summed E-state index contributed by atoms with van der Waals surface area (Å²) in [7, 11) is 0. The molecule has 1 nitrogen and oxygen atoms in total. The molecule has 0 amide bonds. The molecule has 0 radical (unpaired) electrons. The van der Waals surface area contributed by atoms with Gasteiger partial charge in [-0.1, -0.05) is 0 Å². The Balaban J connectivity index is 2.60. The molecule has 1 aromatic rings. The fourth-order valence-electron chi connectivity index (χ4n) is 2.06. The fraction of sp³-hybridized carbons (Fsp3) is 0.455. The van der Waals surface area contributed by atoms with Crippen LogP contribution in [0, 0.1) is 10.5 Å². The Morgan fingerprint density at radius 2 is 2.00 bits per heavy atom. The van der Waals surface area contributed by atoms with Gasteiger partial charge in [-0.25, -0.2) is 0 Å². The van der Waals surface area contributed by atoms with Gasteiger partial charge in [0, 0.05) is 0 Å². The van der Waals surface area contributed by atoms with Gasteiger partial charge < -0.3 is 5.11 Å². The molecule has 1 N–H and O–H groups in total. The number of phenols is 1. The second-order valence-electron chi connectivity index (χ2n) is 3.68. The van der Waals surface area contributed by atoms with E-state index in [1.54, 1.807) is 0 Å². The van der Waals surface area contributed by atoms with Crippen LogP contribution in [0.25, 0.3) is 0 Å². The number of phenolic OH excluding ortho intramolecular Hbond substituents is 1. The number of fused-ring (bicyclic) bond motifs is 1. The average Bonchev–Trinajstić information content (AvgIpc) is 2.15. The summed E-state index contributed by atoms with van der Waals surface area (Å²) < 4.78 is 0.996. The van der Waals surface area contributed by atoms with Gasteiger partial charge in [0.25, 0.3) is 0 Å². The molecule has 13 heavy (non-hydrogen) atoms. The van der Waals surface area contributed by atoms with Crippen molar-refractivity contribution in [2.45, 2.75) is 32.6 Å². The standard InChI is InChI=1S/C11H13IO/c1-7-9-5-3-2-4-8(9)6-10(12)11(7)13/h6,13H,2-5H2,1H3. The zero-order valence-electron chi connectivity index (χ0n) is 7.73. The minimum atomic E-state index is 0.487. The van der Waals surface area contributed by atoms with Gasteiger partial charge in [0.2, 0.25) is 0 Å². The molecule has 0 atom stereocenters. The monoisotopic (exact) mass is 288 g/mol. The summed E-state index contributed by atoms with van der Waals surface area (Å²) >= 11 is 2.21. The van der Waals surface area contributed by atoms with E-state index in [0.717, 1.165) is 15.6 Å². The summed E-state index contributed by atoms with van der Waals surface area (Å²) in [5, 5.41) is 9.75. The Kier molecular flexibility index (Phi) is 2.49. The highest BCUT2D eigenvalue weighted by molar-refractivity contribution is 14.1. The first-order valence-corrected chi connectivity index (χ1v) is 5.78. The van der Waals surface area contributed by atoms with Crippen LogP contribution in [0.1, 0.15) is 29.5 Å². The molecule has 2 rings (SSSR count). The van der Waals surface area contributed by atoms with Crippen molar-refractivity contribution in [2.24, 2.45) is 0 Å². The van der Waals surface area contributed by atoms with Crippen LogP contribution in [-0.4, -0.2) is 5.11 Å². The van der Waals surface area contributed by atoms with Gasteiger partial charge in [-0.2, -0.15) is 0 Å². The molecule has 1 aliphatic rings. The Bertz CT molecular complexity index is 344. The van der Waals surface area contributed by atoms with Gasteiger partial charge in [0.1, 0.15) is 5.75 Å². The van der Waals surface area contributed by atoms with Crippen molar-refractivity contribution in [2.75, 3.05) is 0 Å². The minimum absolute atomic E-state index is 0.487. The van der Waals surface area contributed by atoms with E-state index < -0.39 is 0 Å². The molecule has 70 valence electrons. The molecule has 0 spiro atoms. The number of aryl methyl sites for hydroxylation is 1. The van der Waals surface area contributed by atoms with E-state index in [4.69, 9.17) is 0 Å². The maximum absolute atomic E-state index is 9.75. The van der Waals surface area contributed by atoms with Crippen LogP contribution in [0.5, 0.6) is 5.75 Å². The first-order valence-electron chi connectivity index (χ1n) is 4.70. The second kappa shape index (κ2) is 3.48. The van der Waals surface area contributed by atoms with Gasteiger partial charge in [-0.3, -0.25) is 0 Å². The number of rotatable bonds is 0. The molecule has 0 bridgehead atoms. The predicted molar refractivity (Wildman–Crippen MR) is 62.2 cm³/mol. The lowest BCUT2D eigenvalue weighted by Gasteiger charge is -2.19. The maximum atomic E-state index is 9.75. The Hall–Kier alpha value is -0.250. The largest absolute Gasteiger partial charge is 0.507 e. The summed E-state index contributed by atoms with van der Waals surface area (Å²) in [6.45, 7) is 2.03. The van der Waals surface area contributed by atoms with E-state index in [2.05, 4.69) is 28.7 Å². The third-order valence-electron chi connectivity index (χ3n) is 2.85. The maximum Gasteiger partial charge on any atom is 0.132 e. The molecule has 0 saturated carbocycles. The number of halogens is 1. The number of hydrogen-bond acceptors (Lipinski definition) is 1. The lowest BCUT2D eigenvalue weighted by atomic mass is 9.88. The summed E-state index contributed by atoms with van der Waals surface area (Å²) in [5.74, 6) is 0.487. The lowest BCUT2D eigenvalue weighted by Crippen LogP contribution is -2.05. The van der Waals surface area contributed by atoms with Crippen molar-refractivity contribution in [1.29, 1.82) is 0 Å². The van der Waals surface area contributed by atoms with E-state index in [1.807, 2.05) is 6.92 Å². The van der Waals surface area contributed by atoms with Gasteiger partial charge in [-0.05, 0) is 78.0 Å². The fourth-order valence-corrected chi connectivity index (χ4v) is 2.84. The van der Waals surface area contributed by atoms with Crippen LogP contribution in [-0.2, 0) is 12.8 Å². The number of aromatic hydroxyl groups is 1. The molecule has 0 fully saturated rings. The molecular formula is C11H13IO. The first-order chi connectivity index (χ1) is 6.20. The third kappa shape index (κ3) is 1.56. The van der Waals surface area contributed by atoms with Crippen LogP contribution in [0.15, 0.2) is 6.07 Å². The molecule has 0 aliphatic heterocycles. The summed E-state index contributed by atoms with van der Waals surface area (Å²) in [6.07, 6.45) is 4.90. The zero-order valence-corrected chi connectivity index (χ0v) is 9.89. The normalized spacial score (nSPS) is 15.5. The van der Waals surface area contributed by atoms with Crippen LogP contribution in [0.3, 0.4) is 0 Å². The average molecular weight is 288 g/mol. The summed E-state index contributed by atoms with van der Waals surface area (Å²) in [4.78, 5) is 0. The Morgan fingerprint density at radius 1 is 1.31 bits per heavy atom. The van der Waals surface area contributed by atoms with Gasteiger partial charge in [-0.15, -0.1) is 0 Å². The van der Waals surface area contributed by atoms with Crippen LogP contribution in [0.4, 0.5) is 0 Å². The Morgan fingerprint density at radius 3 is 2.77 bits per heavy atom. The van der Waals surface area contributed by atoms with Crippen LogP contribution in [0.2, 0.25) is 0 Å². The summed E-state index contributed by atoms with van der Waals surface area (Å²) in [5.41, 5.74) is 3.94. The summed E-state index contributed by atoms with van der Waals surface area (Å²) in [6, 6.07) is 2.14. The van der Waals surface area contributed by atoms with Gasteiger partial charge in [0.05, 0.1) is 3.57 Å². The van der Waals surface area contributed by atoms with Crippen molar-refractivity contribution in [1.82, 2.24) is 0 Å².